The molecule has 0 aromatic heterocycles. The molecule has 0 bridgehead atoms. The molecule has 1 fully saturated rings. The van der Waals surface area contributed by atoms with E-state index in [9.17, 15) is 4.79 Å². The van der Waals surface area contributed by atoms with Crippen LogP contribution in [0, 0.1) is 0 Å². The van der Waals surface area contributed by atoms with Crippen molar-refractivity contribution in [1.82, 2.24) is 10.4 Å². The van der Waals surface area contributed by atoms with Gasteiger partial charge in [0, 0.05) is 13.6 Å². The van der Waals surface area contributed by atoms with E-state index in [0.717, 1.165) is 19.4 Å². The highest BCUT2D eigenvalue weighted by Gasteiger charge is 2.25. The van der Waals surface area contributed by atoms with Gasteiger partial charge in [0.05, 0.1) is 6.04 Å². The molecule has 0 aliphatic carbocycles. The predicted molar refractivity (Wildman–Crippen MR) is 43.1 cm³/mol. The zero-order chi connectivity index (χ0) is 8.27. The van der Waals surface area contributed by atoms with Gasteiger partial charge < -0.3 is 0 Å². The summed E-state index contributed by atoms with van der Waals surface area (Å²) >= 11 is 0. The Labute approximate surface area is 67.7 Å². The Kier molecular flexibility index (Phi) is 3.02. The van der Waals surface area contributed by atoms with Crippen LogP contribution in [-0.4, -0.2) is 30.4 Å². The van der Waals surface area contributed by atoms with Gasteiger partial charge in [-0.3, -0.25) is 4.79 Å². The fourth-order valence-electron chi connectivity index (χ4n) is 1.57. The van der Waals surface area contributed by atoms with E-state index in [2.05, 4.69) is 5.43 Å². The molecule has 1 atom stereocenters. The molecule has 1 unspecified atom stereocenters. The molecule has 63 valence electrons. The van der Waals surface area contributed by atoms with Gasteiger partial charge >= 0.3 is 0 Å². The Morgan fingerprint density at radius 1 is 1.55 bits per heavy atom. The number of nitrogens with zero attached hydrogens (tertiary/aromatic N) is 2. The average Bonchev–Trinajstić information content (AvgIpc) is 2.04. The number of piperidine rings is 1. The van der Waals surface area contributed by atoms with Crippen LogP contribution in [0.1, 0.15) is 26.2 Å². The van der Waals surface area contributed by atoms with E-state index in [1.54, 1.807) is 14.0 Å². The van der Waals surface area contributed by atoms with Gasteiger partial charge in [-0.2, -0.15) is 5.43 Å². The van der Waals surface area contributed by atoms with Gasteiger partial charge in [-0.1, -0.05) is 6.42 Å². The third kappa shape index (κ3) is 2.01. The minimum Gasteiger partial charge on any atom is -0.298 e. The second-order valence-electron chi connectivity index (χ2n) is 2.99. The number of ketones is 1. The summed E-state index contributed by atoms with van der Waals surface area (Å²) in [4.78, 5) is 11.1. The number of Topliss-reactive ketones (excluding diaryl/α,β-unsaturated/α-hetero) is 1. The van der Waals surface area contributed by atoms with E-state index in [-0.39, 0.29) is 11.8 Å². The van der Waals surface area contributed by atoms with Gasteiger partial charge in [0.25, 0.3) is 0 Å². The summed E-state index contributed by atoms with van der Waals surface area (Å²) in [5.74, 6) is 0.246. The van der Waals surface area contributed by atoms with Crippen LogP contribution in [0.15, 0.2) is 0 Å². The van der Waals surface area contributed by atoms with Crippen LogP contribution in [0.2, 0.25) is 0 Å². The summed E-state index contributed by atoms with van der Waals surface area (Å²) in [6, 6.07) is 0.0637. The van der Waals surface area contributed by atoms with Crippen molar-refractivity contribution < 1.29 is 4.79 Å². The molecule has 1 radical (unpaired) electrons. The third-order valence-electron chi connectivity index (χ3n) is 2.20. The van der Waals surface area contributed by atoms with Crippen molar-refractivity contribution in [3.8, 4) is 0 Å². The van der Waals surface area contributed by atoms with Crippen LogP contribution in [0.3, 0.4) is 0 Å². The van der Waals surface area contributed by atoms with E-state index in [4.69, 9.17) is 0 Å². The van der Waals surface area contributed by atoms with Crippen LogP contribution < -0.4 is 5.43 Å². The van der Waals surface area contributed by atoms with Gasteiger partial charge in [-0.25, -0.2) is 5.01 Å². The Morgan fingerprint density at radius 3 is 2.73 bits per heavy atom. The molecular weight excluding hydrogens is 140 g/mol. The van der Waals surface area contributed by atoms with E-state index >= 15 is 0 Å². The van der Waals surface area contributed by atoms with Gasteiger partial charge in [0.15, 0.2) is 0 Å². The van der Waals surface area contributed by atoms with Crippen LogP contribution in [0.25, 0.3) is 0 Å². The lowest BCUT2D eigenvalue weighted by Crippen LogP contribution is -2.46. The Morgan fingerprint density at radius 2 is 2.27 bits per heavy atom. The van der Waals surface area contributed by atoms with Gasteiger partial charge in [0.1, 0.15) is 5.78 Å². The fourth-order valence-corrected chi connectivity index (χ4v) is 1.57. The Hall–Kier alpha value is -0.410. The third-order valence-corrected chi connectivity index (χ3v) is 2.20. The fraction of sp³-hybridized carbons (Fsp3) is 0.875. The van der Waals surface area contributed by atoms with Crippen LogP contribution in [-0.2, 0) is 4.79 Å². The Bertz CT molecular complexity index is 147. The van der Waals surface area contributed by atoms with Gasteiger partial charge in [-0.05, 0) is 19.8 Å². The van der Waals surface area contributed by atoms with Crippen molar-refractivity contribution in [3.63, 3.8) is 0 Å². The molecule has 0 aromatic rings. The highest BCUT2D eigenvalue weighted by atomic mass is 16.1. The first-order valence-electron chi connectivity index (χ1n) is 4.12. The van der Waals surface area contributed by atoms with E-state index in [0.29, 0.717) is 0 Å². The van der Waals surface area contributed by atoms with E-state index in [1.165, 1.54) is 6.42 Å². The summed E-state index contributed by atoms with van der Waals surface area (Å²) in [7, 11) is 1.75. The van der Waals surface area contributed by atoms with E-state index < -0.39 is 0 Å². The zero-order valence-electron chi connectivity index (χ0n) is 7.21. The average molecular weight is 155 g/mol. The largest absolute Gasteiger partial charge is 0.298 e. The van der Waals surface area contributed by atoms with Gasteiger partial charge in [-0.15, -0.1) is 0 Å². The first-order valence-corrected chi connectivity index (χ1v) is 4.12. The van der Waals surface area contributed by atoms with Crippen molar-refractivity contribution in [2.24, 2.45) is 0 Å². The highest BCUT2D eigenvalue weighted by molar-refractivity contribution is 5.81. The quantitative estimate of drug-likeness (QED) is 0.584. The zero-order valence-corrected chi connectivity index (χ0v) is 7.21. The molecule has 0 spiro atoms. The lowest BCUT2D eigenvalue weighted by molar-refractivity contribution is -0.124. The molecule has 0 saturated carbocycles. The molecule has 1 aliphatic rings. The standard InChI is InChI=1S/C8H15N2O/c1-7(11)8-5-3-4-6-10(8)9-2/h8H,3-6H2,1-2H3. The second kappa shape index (κ2) is 3.83. The summed E-state index contributed by atoms with van der Waals surface area (Å²) in [5.41, 5.74) is 4.06. The minimum absolute atomic E-state index is 0.0637. The maximum absolute atomic E-state index is 11.1. The van der Waals surface area contributed by atoms with Crippen molar-refractivity contribution in [1.29, 1.82) is 0 Å². The number of carbonyl (C=O) groups is 1. The summed E-state index contributed by atoms with van der Waals surface area (Å²) < 4.78 is 0. The summed E-state index contributed by atoms with van der Waals surface area (Å²) in [6.07, 6.45) is 3.31. The van der Waals surface area contributed by atoms with Gasteiger partial charge in [0.2, 0.25) is 0 Å². The van der Waals surface area contributed by atoms with Crippen molar-refractivity contribution in [3.05, 3.63) is 0 Å². The normalized spacial score (nSPS) is 26.9. The maximum atomic E-state index is 11.1. The first kappa shape index (κ1) is 8.68. The lowest BCUT2D eigenvalue weighted by Gasteiger charge is -2.31. The van der Waals surface area contributed by atoms with Crippen LogP contribution in [0.4, 0.5) is 0 Å². The van der Waals surface area contributed by atoms with Crippen LogP contribution >= 0.6 is 0 Å². The van der Waals surface area contributed by atoms with Crippen molar-refractivity contribution in [2.45, 2.75) is 32.2 Å². The van der Waals surface area contributed by atoms with Crippen LogP contribution in [0.5, 0.6) is 0 Å². The molecule has 0 N–H and O–H groups in total. The summed E-state index contributed by atoms with van der Waals surface area (Å²) in [6.45, 7) is 2.59. The topological polar surface area (TPSA) is 34.4 Å². The maximum Gasteiger partial charge on any atom is 0.148 e. The molecule has 1 rings (SSSR count). The molecule has 1 heterocycles. The van der Waals surface area contributed by atoms with Crippen molar-refractivity contribution in [2.75, 3.05) is 13.6 Å². The number of carbonyl (C=O) groups excluding carboxylic acids is 1. The number of hydrogen-bond donors (Lipinski definition) is 0. The molecule has 1 saturated heterocycles. The molecule has 3 nitrogen and oxygen atoms in total. The highest BCUT2D eigenvalue weighted by Crippen LogP contribution is 2.15. The first-order chi connectivity index (χ1) is 5.25. The molecule has 1 aliphatic heterocycles. The van der Waals surface area contributed by atoms with Crippen molar-refractivity contribution >= 4 is 5.78 Å². The number of hydrogen-bond acceptors (Lipinski definition) is 2. The molecule has 0 aromatic carbocycles. The smallest absolute Gasteiger partial charge is 0.148 e. The Balaban J connectivity index is 2.51. The molecule has 3 heteroatoms. The van der Waals surface area contributed by atoms with E-state index in [1.807, 2.05) is 5.01 Å². The molecule has 11 heavy (non-hydrogen) atoms. The molecule has 0 amide bonds. The SMILES string of the molecule is C[N]N1CCCCC1C(C)=O. The second-order valence-corrected chi connectivity index (χ2v) is 2.99. The summed E-state index contributed by atoms with van der Waals surface area (Å²) in [5, 5.41) is 1.91. The minimum atomic E-state index is 0.0637. The number of rotatable bonds is 2. The predicted octanol–water partition coefficient (Wildman–Crippen LogP) is 0.579. The molecular formula is C8H15N2O. The monoisotopic (exact) mass is 155 g/mol. The lowest BCUT2D eigenvalue weighted by atomic mass is 10.0.